The molecule has 0 heterocycles. The van der Waals surface area contributed by atoms with Gasteiger partial charge >= 0.3 is 0 Å². The van der Waals surface area contributed by atoms with Crippen LogP contribution in [0.4, 0.5) is 4.39 Å². The topological polar surface area (TPSA) is 45.7 Å². The molecule has 0 radical (unpaired) electrons. The molecule has 0 saturated heterocycles. The van der Waals surface area contributed by atoms with Crippen molar-refractivity contribution in [3.05, 3.63) is 35.6 Å². The minimum atomic E-state index is -0.205. The molecule has 1 saturated carbocycles. The minimum Gasteiger partial charge on any atom is -0.348 e. The van der Waals surface area contributed by atoms with Crippen molar-refractivity contribution in [2.45, 2.75) is 45.7 Å². The average molecular weight is 293 g/mol. The van der Waals surface area contributed by atoms with Crippen molar-refractivity contribution in [2.24, 2.45) is 11.8 Å². The Morgan fingerprint density at radius 3 is 2.86 bits per heavy atom. The average Bonchev–Trinajstić information content (AvgIpc) is 2.46. The Balaban J connectivity index is 1.74. The Kier molecular flexibility index (Phi) is 5.74. The summed E-state index contributed by atoms with van der Waals surface area (Å²) in [5.41, 5.74) is 0.643. The quantitative estimate of drug-likeness (QED) is 0.855. The maximum Gasteiger partial charge on any atom is 0.275 e. The maximum atomic E-state index is 13.5. The van der Waals surface area contributed by atoms with Crippen molar-refractivity contribution in [1.82, 2.24) is 5.32 Å². The molecule has 21 heavy (non-hydrogen) atoms. The van der Waals surface area contributed by atoms with Crippen LogP contribution >= 0.6 is 0 Å². The fourth-order valence-corrected chi connectivity index (χ4v) is 3.07. The SMILES string of the molecule is C[C@H]1[C@@H](C)CCC[C@H]1NC(=O)C[NH2+]Cc1ccccc1F. The van der Waals surface area contributed by atoms with Gasteiger partial charge in [0.15, 0.2) is 6.54 Å². The van der Waals surface area contributed by atoms with E-state index in [4.69, 9.17) is 0 Å². The van der Waals surface area contributed by atoms with Gasteiger partial charge in [0.1, 0.15) is 12.4 Å². The molecule has 116 valence electrons. The number of quaternary nitrogens is 1. The summed E-state index contributed by atoms with van der Waals surface area (Å²) >= 11 is 0. The molecule has 1 amide bonds. The first-order valence-electron chi connectivity index (χ1n) is 7.92. The van der Waals surface area contributed by atoms with Gasteiger partial charge in [-0.2, -0.15) is 0 Å². The van der Waals surface area contributed by atoms with Gasteiger partial charge in [0.2, 0.25) is 0 Å². The normalized spacial score (nSPS) is 25.6. The number of amides is 1. The van der Waals surface area contributed by atoms with E-state index in [1.807, 2.05) is 11.4 Å². The van der Waals surface area contributed by atoms with Crippen molar-refractivity contribution in [3.63, 3.8) is 0 Å². The van der Waals surface area contributed by atoms with E-state index < -0.39 is 0 Å². The lowest BCUT2D eigenvalue weighted by Gasteiger charge is -2.34. The number of hydrogen-bond acceptors (Lipinski definition) is 1. The molecule has 3 atom stereocenters. The predicted octanol–water partition coefficient (Wildman–Crippen LogP) is 1.83. The molecule has 0 spiro atoms. The highest BCUT2D eigenvalue weighted by atomic mass is 19.1. The van der Waals surface area contributed by atoms with Gasteiger partial charge in [0.25, 0.3) is 5.91 Å². The maximum absolute atomic E-state index is 13.5. The zero-order valence-electron chi connectivity index (χ0n) is 12.9. The van der Waals surface area contributed by atoms with Crippen LogP contribution in [0.15, 0.2) is 24.3 Å². The highest BCUT2D eigenvalue weighted by Crippen LogP contribution is 2.29. The molecule has 1 aromatic carbocycles. The monoisotopic (exact) mass is 293 g/mol. The third-order valence-electron chi connectivity index (χ3n) is 4.71. The lowest BCUT2D eigenvalue weighted by Crippen LogP contribution is -2.85. The molecular weight excluding hydrogens is 267 g/mol. The van der Waals surface area contributed by atoms with Crippen LogP contribution in [-0.2, 0) is 11.3 Å². The van der Waals surface area contributed by atoms with Crippen LogP contribution in [0.5, 0.6) is 0 Å². The van der Waals surface area contributed by atoms with Gasteiger partial charge in [-0.15, -0.1) is 0 Å². The van der Waals surface area contributed by atoms with E-state index in [1.165, 1.54) is 18.9 Å². The summed E-state index contributed by atoms with van der Waals surface area (Å²) in [4.78, 5) is 12.0. The molecule has 2 rings (SSSR count). The Bertz CT molecular complexity index is 478. The highest BCUT2D eigenvalue weighted by Gasteiger charge is 2.28. The second-order valence-corrected chi connectivity index (χ2v) is 6.23. The lowest BCUT2D eigenvalue weighted by molar-refractivity contribution is -0.660. The Morgan fingerprint density at radius 2 is 2.10 bits per heavy atom. The number of carbonyl (C=O) groups excluding carboxylic acids is 1. The Hall–Kier alpha value is -1.42. The van der Waals surface area contributed by atoms with E-state index >= 15 is 0 Å². The van der Waals surface area contributed by atoms with Crippen LogP contribution in [0.1, 0.15) is 38.7 Å². The van der Waals surface area contributed by atoms with E-state index in [0.29, 0.717) is 36.5 Å². The number of halogens is 1. The third-order valence-corrected chi connectivity index (χ3v) is 4.71. The summed E-state index contributed by atoms with van der Waals surface area (Å²) in [5, 5.41) is 4.99. The van der Waals surface area contributed by atoms with E-state index in [1.54, 1.807) is 12.1 Å². The van der Waals surface area contributed by atoms with E-state index in [-0.39, 0.29) is 11.7 Å². The van der Waals surface area contributed by atoms with Crippen LogP contribution in [0.3, 0.4) is 0 Å². The van der Waals surface area contributed by atoms with Gasteiger partial charge in [0, 0.05) is 11.6 Å². The van der Waals surface area contributed by atoms with Crippen molar-refractivity contribution in [2.75, 3.05) is 6.54 Å². The summed E-state index contributed by atoms with van der Waals surface area (Å²) in [5.74, 6) is 1.06. The van der Waals surface area contributed by atoms with Crippen LogP contribution < -0.4 is 10.6 Å². The van der Waals surface area contributed by atoms with Crippen LogP contribution in [0.2, 0.25) is 0 Å². The van der Waals surface area contributed by atoms with Crippen LogP contribution in [0, 0.1) is 17.7 Å². The first kappa shape index (κ1) is 16.0. The van der Waals surface area contributed by atoms with Crippen LogP contribution in [-0.4, -0.2) is 18.5 Å². The van der Waals surface area contributed by atoms with Crippen LogP contribution in [0.25, 0.3) is 0 Å². The molecule has 0 aliphatic heterocycles. The van der Waals surface area contributed by atoms with Gasteiger partial charge in [-0.1, -0.05) is 44.9 Å². The van der Waals surface area contributed by atoms with E-state index in [2.05, 4.69) is 19.2 Å². The number of hydrogen-bond donors (Lipinski definition) is 2. The zero-order chi connectivity index (χ0) is 15.2. The fraction of sp³-hybridized carbons (Fsp3) is 0.588. The largest absolute Gasteiger partial charge is 0.348 e. The summed E-state index contributed by atoms with van der Waals surface area (Å²) in [6.45, 7) is 5.33. The van der Waals surface area contributed by atoms with Gasteiger partial charge in [0.05, 0.1) is 0 Å². The van der Waals surface area contributed by atoms with Gasteiger partial charge in [-0.05, 0) is 24.3 Å². The first-order valence-corrected chi connectivity index (χ1v) is 7.92. The molecule has 0 bridgehead atoms. The summed E-state index contributed by atoms with van der Waals surface area (Å²) in [6, 6.07) is 7.00. The molecule has 1 fully saturated rings. The molecule has 0 aromatic heterocycles. The van der Waals surface area contributed by atoms with Gasteiger partial charge in [-0.3, -0.25) is 4.79 Å². The lowest BCUT2D eigenvalue weighted by atomic mass is 9.78. The first-order chi connectivity index (χ1) is 10.1. The molecule has 0 unspecified atom stereocenters. The molecule has 1 aliphatic carbocycles. The summed E-state index contributed by atoms with van der Waals surface area (Å²) in [6.07, 6.45) is 3.52. The molecule has 4 heteroatoms. The molecule has 1 aliphatic rings. The number of benzene rings is 1. The highest BCUT2D eigenvalue weighted by molar-refractivity contribution is 5.77. The number of rotatable bonds is 5. The molecule has 3 nitrogen and oxygen atoms in total. The van der Waals surface area contributed by atoms with Gasteiger partial charge < -0.3 is 10.6 Å². The summed E-state index contributed by atoms with van der Waals surface area (Å²) < 4.78 is 13.5. The van der Waals surface area contributed by atoms with E-state index in [0.717, 1.165) is 6.42 Å². The number of carbonyl (C=O) groups is 1. The van der Waals surface area contributed by atoms with Crippen molar-refractivity contribution >= 4 is 5.91 Å². The standard InChI is InChI=1S/C17H25FN2O/c1-12-6-5-9-16(13(12)2)20-17(21)11-19-10-14-7-3-4-8-15(14)18/h3-4,7-8,12-13,16,19H,5-6,9-11H2,1-2H3,(H,20,21)/p+1/t12-,13-,16+/m0/s1. The smallest absolute Gasteiger partial charge is 0.275 e. The fourth-order valence-electron chi connectivity index (χ4n) is 3.07. The second kappa shape index (κ2) is 7.55. The van der Waals surface area contributed by atoms with Gasteiger partial charge in [-0.25, -0.2) is 4.39 Å². The Morgan fingerprint density at radius 1 is 1.33 bits per heavy atom. The summed E-state index contributed by atoms with van der Waals surface area (Å²) in [7, 11) is 0. The third kappa shape index (κ3) is 4.53. The second-order valence-electron chi connectivity index (χ2n) is 6.23. The van der Waals surface area contributed by atoms with Crippen molar-refractivity contribution < 1.29 is 14.5 Å². The minimum absolute atomic E-state index is 0.0530. The molecule has 3 N–H and O–H groups in total. The molecular formula is C17H26FN2O+. The van der Waals surface area contributed by atoms with Crippen molar-refractivity contribution in [3.8, 4) is 0 Å². The predicted molar refractivity (Wildman–Crippen MR) is 81.0 cm³/mol. The number of nitrogens with two attached hydrogens (primary N) is 1. The Labute approximate surface area is 126 Å². The number of nitrogens with one attached hydrogen (secondary N) is 1. The molecule has 1 aromatic rings. The zero-order valence-corrected chi connectivity index (χ0v) is 12.9. The van der Waals surface area contributed by atoms with Crippen molar-refractivity contribution in [1.29, 1.82) is 0 Å². The van der Waals surface area contributed by atoms with E-state index in [9.17, 15) is 9.18 Å².